The molecule has 76 valence electrons. The van der Waals surface area contributed by atoms with Gasteiger partial charge in [-0.15, -0.1) is 0 Å². The predicted octanol–water partition coefficient (Wildman–Crippen LogP) is 3.94. The minimum absolute atomic E-state index is 0.0266. The Morgan fingerprint density at radius 3 is 2.64 bits per heavy atom. The number of carbonyl (C=O) groups is 1. The fourth-order valence-corrected chi connectivity index (χ4v) is 2.44. The smallest absolute Gasteiger partial charge is 0.147 e. The third-order valence-electron chi connectivity index (χ3n) is 1.85. The number of hydrogen-bond donors (Lipinski definition) is 0. The Bertz CT molecular complexity index is 352. The van der Waals surface area contributed by atoms with Gasteiger partial charge in [0, 0.05) is 4.47 Å². The number of hydrogen-bond acceptors (Lipinski definition) is 1. The highest BCUT2D eigenvalue weighted by molar-refractivity contribution is 9.11. The molecule has 0 saturated heterocycles. The second-order valence-corrected chi connectivity index (χ2v) is 4.73. The van der Waals surface area contributed by atoms with Crippen LogP contribution >= 0.6 is 31.9 Å². The highest BCUT2D eigenvalue weighted by Crippen LogP contribution is 2.31. The first-order valence-electron chi connectivity index (χ1n) is 4.05. The standard InChI is InChI=1S/C10H9Br2FO/c1-6(14)10(12)8-3-2-7(5-13)4-9(8)11/h2-4,10H,5H2,1H3. The highest BCUT2D eigenvalue weighted by atomic mass is 79.9. The van der Waals surface area contributed by atoms with Crippen molar-refractivity contribution in [2.24, 2.45) is 0 Å². The molecule has 0 aromatic heterocycles. The molecule has 4 heteroatoms. The van der Waals surface area contributed by atoms with Crippen molar-refractivity contribution in [3.8, 4) is 0 Å². The number of carbonyl (C=O) groups excluding carboxylic acids is 1. The molecule has 1 aromatic carbocycles. The maximum atomic E-state index is 12.3. The molecule has 1 unspecified atom stereocenters. The predicted molar refractivity (Wildman–Crippen MR) is 61.3 cm³/mol. The van der Waals surface area contributed by atoms with Crippen molar-refractivity contribution in [1.82, 2.24) is 0 Å². The van der Waals surface area contributed by atoms with E-state index in [0.717, 1.165) is 10.0 Å². The molecule has 1 aromatic rings. The fraction of sp³-hybridized carbons (Fsp3) is 0.300. The van der Waals surface area contributed by atoms with Crippen LogP contribution in [0.3, 0.4) is 0 Å². The second-order valence-electron chi connectivity index (χ2n) is 2.96. The molecule has 0 heterocycles. The summed E-state index contributed by atoms with van der Waals surface area (Å²) in [5.41, 5.74) is 1.43. The zero-order valence-corrected chi connectivity index (χ0v) is 10.7. The molecule has 0 aliphatic heterocycles. The van der Waals surface area contributed by atoms with Crippen LogP contribution in [0.1, 0.15) is 22.9 Å². The number of rotatable bonds is 3. The van der Waals surface area contributed by atoms with Gasteiger partial charge in [-0.05, 0) is 24.1 Å². The van der Waals surface area contributed by atoms with Gasteiger partial charge in [0.1, 0.15) is 12.5 Å². The maximum absolute atomic E-state index is 12.3. The molecular weight excluding hydrogens is 315 g/mol. The van der Waals surface area contributed by atoms with Crippen LogP contribution in [-0.2, 0) is 11.5 Å². The number of ketones is 1. The van der Waals surface area contributed by atoms with E-state index in [9.17, 15) is 9.18 Å². The van der Waals surface area contributed by atoms with Crippen LogP contribution in [0.2, 0.25) is 0 Å². The summed E-state index contributed by atoms with van der Waals surface area (Å²) in [6.07, 6.45) is 0. The van der Waals surface area contributed by atoms with Crippen molar-refractivity contribution in [2.75, 3.05) is 0 Å². The Morgan fingerprint density at radius 2 is 2.21 bits per heavy atom. The molecule has 0 fully saturated rings. The Balaban J connectivity index is 3.05. The molecule has 0 N–H and O–H groups in total. The summed E-state index contributed by atoms with van der Waals surface area (Å²) < 4.78 is 13.1. The number of halogens is 3. The normalized spacial score (nSPS) is 12.6. The molecule has 0 radical (unpaired) electrons. The summed E-state index contributed by atoms with van der Waals surface area (Å²) in [5.74, 6) is 0.0266. The van der Waals surface area contributed by atoms with Crippen LogP contribution in [0.25, 0.3) is 0 Å². The SMILES string of the molecule is CC(=O)C(Br)c1ccc(CF)cc1Br. The van der Waals surface area contributed by atoms with Crippen LogP contribution < -0.4 is 0 Å². The quantitative estimate of drug-likeness (QED) is 0.770. The van der Waals surface area contributed by atoms with Crippen molar-refractivity contribution in [3.63, 3.8) is 0 Å². The van der Waals surface area contributed by atoms with Gasteiger partial charge in [-0.25, -0.2) is 4.39 Å². The van der Waals surface area contributed by atoms with Crippen molar-refractivity contribution >= 4 is 37.6 Å². The lowest BCUT2D eigenvalue weighted by Crippen LogP contribution is -2.02. The van der Waals surface area contributed by atoms with Gasteiger partial charge in [-0.1, -0.05) is 44.0 Å². The van der Waals surface area contributed by atoms with Crippen LogP contribution in [0.5, 0.6) is 0 Å². The Kier molecular flexibility index (Phi) is 4.26. The Labute approximate surface area is 99.0 Å². The Morgan fingerprint density at radius 1 is 1.57 bits per heavy atom. The summed E-state index contributed by atoms with van der Waals surface area (Å²) in [5, 5.41) is 0. The molecule has 0 aliphatic rings. The lowest BCUT2D eigenvalue weighted by atomic mass is 10.1. The van der Waals surface area contributed by atoms with E-state index >= 15 is 0 Å². The molecule has 1 nitrogen and oxygen atoms in total. The summed E-state index contributed by atoms with van der Waals surface area (Å²) in [6, 6.07) is 5.11. The summed E-state index contributed by atoms with van der Waals surface area (Å²) in [7, 11) is 0. The zero-order valence-electron chi connectivity index (χ0n) is 7.56. The molecule has 14 heavy (non-hydrogen) atoms. The van der Waals surface area contributed by atoms with Crippen molar-refractivity contribution in [3.05, 3.63) is 33.8 Å². The van der Waals surface area contributed by atoms with Gasteiger partial charge in [0.2, 0.25) is 0 Å². The van der Waals surface area contributed by atoms with Crippen molar-refractivity contribution in [1.29, 1.82) is 0 Å². The van der Waals surface area contributed by atoms with E-state index in [0.29, 0.717) is 5.56 Å². The molecule has 0 saturated carbocycles. The van der Waals surface area contributed by atoms with Gasteiger partial charge >= 0.3 is 0 Å². The molecule has 1 atom stereocenters. The summed E-state index contributed by atoms with van der Waals surface area (Å²) >= 11 is 6.58. The highest BCUT2D eigenvalue weighted by Gasteiger charge is 2.15. The molecule has 0 spiro atoms. The molecule has 1 rings (SSSR count). The topological polar surface area (TPSA) is 17.1 Å². The van der Waals surface area contributed by atoms with Gasteiger partial charge in [-0.2, -0.15) is 0 Å². The monoisotopic (exact) mass is 322 g/mol. The molecule has 0 aliphatic carbocycles. The van der Waals surface area contributed by atoms with Gasteiger partial charge in [0.15, 0.2) is 0 Å². The maximum Gasteiger partial charge on any atom is 0.147 e. The second kappa shape index (κ2) is 5.03. The zero-order chi connectivity index (χ0) is 10.7. The Hall–Kier alpha value is -0.220. The minimum atomic E-state index is -0.494. The first-order valence-corrected chi connectivity index (χ1v) is 5.76. The average molecular weight is 324 g/mol. The number of alkyl halides is 2. The van der Waals surface area contributed by atoms with E-state index in [1.807, 2.05) is 0 Å². The minimum Gasteiger partial charge on any atom is -0.298 e. The van der Waals surface area contributed by atoms with E-state index in [2.05, 4.69) is 31.9 Å². The van der Waals surface area contributed by atoms with E-state index in [1.54, 1.807) is 18.2 Å². The van der Waals surface area contributed by atoms with Crippen LogP contribution in [0, 0.1) is 0 Å². The lowest BCUT2D eigenvalue weighted by Gasteiger charge is -2.09. The summed E-state index contributed by atoms with van der Waals surface area (Å²) in [4.78, 5) is 10.8. The van der Waals surface area contributed by atoms with E-state index in [4.69, 9.17) is 0 Å². The van der Waals surface area contributed by atoms with Gasteiger partial charge in [0.05, 0.1) is 4.83 Å². The number of benzene rings is 1. The van der Waals surface area contributed by atoms with Gasteiger partial charge < -0.3 is 0 Å². The van der Waals surface area contributed by atoms with Crippen molar-refractivity contribution < 1.29 is 9.18 Å². The first-order chi connectivity index (χ1) is 6.56. The summed E-state index contributed by atoms with van der Waals surface area (Å²) in [6.45, 7) is 1.01. The van der Waals surface area contributed by atoms with Crippen LogP contribution in [-0.4, -0.2) is 5.78 Å². The van der Waals surface area contributed by atoms with Crippen LogP contribution in [0.4, 0.5) is 4.39 Å². The fourth-order valence-electron chi connectivity index (χ4n) is 1.08. The van der Waals surface area contributed by atoms with Crippen molar-refractivity contribution in [2.45, 2.75) is 18.4 Å². The average Bonchev–Trinajstić information content (AvgIpc) is 2.16. The largest absolute Gasteiger partial charge is 0.298 e. The van der Waals surface area contributed by atoms with Gasteiger partial charge in [-0.3, -0.25) is 4.79 Å². The van der Waals surface area contributed by atoms with E-state index in [1.165, 1.54) is 6.92 Å². The van der Waals surface area contributed by atoms with Gasteiger partial charge in [0.25, 0.3) is 0 Å². The third-order valence-corrected chi connectivity index (χ3v) is 3.67. The lowest BCUT2D eigenvalue weighted by molar-refractivity contribution is -0.116. The van der Waals surface area contributed by atoms with Crippen LogP contribution in [0.15, 0.2) is 22.7 Å². The third kappa shape index (κ3) is 2.64. The molecular formula is C10H9Br2FO. The van der Waals surface area contributed by atoms with E-state index < -0.39 is 6.67 Å². The molecule has 0 amide bonds. The number of Topliss-reactive ketones (excluding diaryl/α,β-unsaturated/α-hetero) is 1. The van der Waals surface area contributed by atoms with E-state index in [-0.39, 0.29) is 10.6 Å². The molecule has 0 bridgehead atoms. The first kappa shape index (κ1) is 11.9.